The fourth-order valence-corrected chi connectivity index (χ4v) is 4.73. The molecule has 0 radical (unpaired) electrons. The van der Waals surface area contributed by atoms with Crippen LogP contribution < -0.4 is 0 Å². The molecule has 1 aromatic heterocycles. The predicted molar refractivity (Wildman–Crippen MR) is 80.7 cm³/mol. The third-order valence-corrected chi connectivity index (χ3v) is 6.11. The first-order valence-electron chi connectivity index (χ1n) is 7.43. The van der Waals surface area contributed by atoms with Crippen LogP contribution in [0.1, 0.15) is 18.4 Å². The Morgan fingerprint density at radius 1 is 1.50 bits per heavy atom. The average Bonchev–Trinajstić information content (AvgIpc) is 3.21. The van der Waals surface area contributed by atoms with E-state index in [4.69, 9.17) is 4.74 Å². The van der Waals surface area contributed by atoms with Crippen LogP contribution in [0.5, 0.6) is 0 Å². The molecule has 2 aliphatic rings. The van der Waals surface area contributed by atoms with Gasteiger partial charge >= 0.3 is 0 Å². The van der Waals surface area contributed by atoms with Crippen LogP contribution >= 0.6 is 0 Å². The first-order chi connectivity index (χ1) is 10.5. The predicted octanol–water partition coefficient (Wildman–Crippen LogP) is 0.632. The summed E-state index contributed by atoms with van der Waals surface area (Å²) in [5.41, 5.74) is 0.912. The number of nitrogens with zero attached hydrogens (tertiary/aromatic N) is 2. The number of aromatic nitrogens is 1. The molecular weight excluding hydrogens is 304 g/mol. The second kappa shape index (κ2) is 5.96. The summed E-state index contributed by atoms with van der Waals surface area (Å²) in [6.45, 7) is 0.403. The molecule has 0 spiro atoms. The number of carbonyl (C=O) groups is 1. The van der Waals surface area contributed by atoms with Gasteiger partial charge in [-0.05, 0) is 24.5 Å². The van der Waals surface area contributed by atoms with E-state index in [1.165, 1.54) is 0 Å². The summed E-state index contributed by atoms with van der Waals surface area (Å²) in [7, 11) is -1.43. The molecule has 6 nitrogen and oxygen atoms in total. The Bertz CT molecular complexity index is 647. The van der Waals surface area contributed by atoms with Crippen molar-refractivity contribution < 1.29 is 17.9 Å². The molecule has 3 atom stereocenters. The van der Waals surface area contributed by atoms with Crippen LogP contribution in [0.3, 0.4) is 0 Å². The van der Waals surface area contributed by atoms with Gasteiger partial charge in [-0.2, -0.15) is 0 Å². The topological polar surface area (TPSA) is 76.6 Å². The molecule has 1 saturated carbocycles. The highest BCUT2D eigenvalue weighted by molar-refractivity contribution is 7.91. The van der Waals surface area contributed by atoms with Crippen LogP contribution in [0, 0.1) is 5.92 Å². The maximum Gasteiger partial charge on any atom is 0.228 e. The molecular formula is C15H20N2O4S. The molecule has 120 valence electrons. The van der Waals surface area contributed by atoms with Crippen LogP contribution in [-0.4, -0.2) is 55.0 Å². The number of hydrogen-bond acceptors (Lipinski definition) is 5. The maximum absolute atomic E-state index is 12.7. The largest absolute Gasteiger partial charge is 0.381 e. The SMILES string of the molecule is CO[C@@H]1C[C@H]1C(=O)N(Cc1cccnc1)C1CCS(=O)(=O)C1. The van der Waals surface area contributed by atoms with Crippen molar-refractivity contribution >= 4 is 15.7 Å². The molecule has 1 amide bonds. The third kappa shape index (κ3) is 3.30. The fourth-order valence-electron chi connectivity index (χ4n) is 3.00. The van der Waals surface area contributed by atoms with E-state index in [1.54, 1.807) is 24.4 Å². The van der Waals surface area contributed by atoms with E-state index in [2.05, 4.69) is 4.98 Å². The third-order valence-electron chi connectivity index (χ3n) is 4.36. The lowest BCUT2D eigenvalue weighted by atomic mass is 10.1. The second-order valence-corrected chi connectivity index (χ2v) is 8.23. The van der Waals surface area contributed by atoms with E-state index in [0.717, 1.165) is 12.0 Å². The van der Waals surface area contributed by atoms with Gasteiger partial charge in [-0.3, -0.25) is 9.78 Å². The highest BCUT2D eigenvalue weighted by Gasteiger charge is 2.47. The van der Waals surface area contributed by atoms with Crippen LogP contribution in [0.4, 0.5) is 0 Å². The minimum atomic E-state index is -3.03. The number of sulfone groups is 1. The van der Waals surface area contributed by atoms with E-state index < -0.39 is 9.84 Å². The van der Waals surface area contributed by atoms with E-state index in [0.29, 0.717) is 13.0 Å². The molecule has 2 heterocycles. The molecule has 22 heavy (non-hydrogen) atoms. The van der Waals surface area contributed by atoms with E-state index in [9.17, 15) is 13.2 Å². The highest BCUT2D eigenvalue weighted by Crippen LogP contribution is 2.36. The van der Waals surface area contributed by atoms with E-state index >= 15 is 0 Å². The van der Waals surface area contributed by atoms with Gasteiger partial charge in [0.15, 0.2) is 9.84 Å². The van der Waals surface area contributed by atoms with Crippen LogP contribution in [0.25, 0.3) is 0 Å². The van der Waals surface area contributed by atoms with Gasteiger partial charge in [-0.1, -0.05) is 6.07 Å². The molecule has 1 aromatic rings. The molecule has 0 N–H and O–H groups in total. The lowest BCUT2D eigenvalue weighted by Crippen LogP contribution is -2.42. The minimum absolute atomic E-state index is 0.00203. The van der Waals surface area contributed by atoms with E-state index in [1.807, 2.05) is 12.1 Å². The van der Waals surface area contributed by atoms with Crippen molar-refractivity contribution in [1.29, 1.82) is 0 Å². The molecule has 1 aliphatic heterocycles. The van der Waals surface area contributed by atoms with Gasteiger partial charge in [-0.15, -0.1) is 0 Å². The summed E-state index contributed by atoms with van der Waals surface area (Å²) >= 11 is 0. The van der Waals surface area contributed by atoms with Gasteiger partial charge in [0.2, 0.25) is 5.91 Å². The molecule has 7 heteroatoms. The summed E-state index contributed by atoms with van der Waals surface area (Å²) in [6, 6.07) is 3.48. The van der Waals surface area contributed by atoms with Crippen molar-refractivity contribution in [1.82, 2.24) is 9.88 Å². The number of hydrogen-bond donors (Lipinski definition) is 0. The van der Waals surface area contributed by atoms with Gasteiger partial charge in [0.05, 0.1) is 23.5 Å². The smallest absolute Gasteiger partial charge is 0.228 e. The zero-order valence-electron chi connectivity index (χ0n) is 12.5. The average molecular weight is 324 g/mol. The van der Waals surface area contributed by atoms with Crippen molar-refractivity contribution in [3.05, 3.63) is 30.1 Å². The Kier molecular flexibility index (Phi) is 4.18. The number of pyridine rings is 1. The Balaban J connectivity index is 1.78. The van der Waals surface area contributed by atoms with Crippen molar-refractivity contribution in [2.45, 2.75) is 31.5 Å². The van der Waals surface area contributed by atoms with Crippen LogP contribution in [-0.2, 0) is 25.9 Å². The van der Waals surface area contributed by atoms with E-state index in [-0.39, 0.29) is 35.5 Å². The zero-order chi connectivity index (χ0) is 15.7. The normalized spacial score (nSPS) is 29.2. The molecule has 2 fully saturated rings. The number of methoxy groups -OCH3 is 1. The highest BCUT2D eigenvalue weighted by atomic mass is 32.2. The lowest BCUT2D eigenvalue weighted by Gasteiger charge is -2.28. The first kappa shape index (κ1) is 15.4. The fraction of sp³-hybridized carbons (Fsp3) is 0.600. The molecule has 0 bridgehead atoms. The standard InChI is InChI=1S/C15H20N2O4S/c1-21-14-7-13(14)15(18)17(9-11-3-2-5-16-8-11)12-4-6-22(19,20)10-12/h2-3,5,8,12-14H,4,6-7,9-10H2,1H3/t12?,13-,14-/m1/s1. The quantitative estimate of drug-likeness (QED) is 0.794. The maximum atomic E-state index is 12.7. The molecule has 1 saturated heterocycles. The van der Waals surface area contributed by atoms with Gasteiger partial charge in [0.25, 0.3) is 0 Å². The van der Waals surface area contributed by atoms with Crippen LogP contribution in [0.15, 0.2) is 24.5 Å². The summed E-state index contributed by atoms with van der Waals surface area (Å²) in [5, 5.41) is 0. The second-order valence-electron chi connectivity index (χ2n) is 6.00. The summed E-state index contributed by atoms with van der Waals surface area (Å²) in [5.74, 6) is 0.0822. The van der Waals surface area contributed by atoms with Gasteiger partial charge < -0.3 is 9.64 Å². The number of ether oxygens (including phenoxy) is 1. The summed E-state index contributed by atoms with van der Waals surface area (Å²) < 4.78 is 28.7. The minimum Gasteiger partial charge on any atom is -0.381 e. The molecule has 3 rings (SSSR count). The van der Waals surface area contributed by atoms with Crippen LogP contribution in [0.2, 0.25) is 0 Å². The number of carbonyl (C=O) groups excluding carboxylic acids is 1. The Hall–Kier alpha value is -1.47. The monoisotopic (exact) mass is 324 g/mol. The number of rotatable bonds is 5. The Labute approximate surface area is 130 Å². The molecule has 0 aromatic carbocycles. The Morgan fingerprint density at radius 3 is 2.86 bits per heavy atom. The first-order valence-corrected chi connectivity index (χ1v) is 9.25. The summed E-state index contributed by atoms with van der Waals surface area (Å²) in [4.78, 5) is 18.5. The van der Waals surface area contributed by atoms with Crippen molar-refractivity contribution in [3.63, 3.8) is 0 Å². The lowest BCUT2D eigenvalue weighted by molar-refractivity contribution is -0.136. The van der Waals surface area contributed by atoms with Gasteiger partial charge in [-0.25, -0.2) is 8.42 Å². The number of amides is 1. The van der Waals surface area contributed by atoms with Crippen molar-refractivity contribution in [3.8, 4) is 0 Å². The Morgan fingerprint density at radius 2 is 2.32 bits per heavy atom. The van der Waals surface area contributed by atoms with Crippen molar-refractivity contribution in [2.75, 3.05) is 18.6 Å². The van der Waals surface area contributed by atoms with Gasteiger partial charge in [0, 0.05) is 32.1 Å². The zero-order valence-corrected chi connectivity index (χ0v) is 13.3. The summed E-state index contributed by atoms with van der Waals surface area (Å²) in [6.07, 6.45) is 4.60. The van der Waals surface area contributed by atoms with Gasteiger partial charge in [0.1, 0.15) is 0 Å². The molecule has 1 unspecified atom stereocenters. The van der Waals surface area contributed by atoms with Crippen molar-refractivity contribution in [2.24, 2.45) is 5.92 Å². The molecule has 1 aliphatic carbocycles.